The van der Waals surface area contributed by atoms with Crippen molar-refractivity contribution in [3.63, 3.8) is 0 Å². The van der Waals surface area contributed by atoms with E-state index in [-0.39, 0.29) is 17.3 Å². The molecule has 0 saturated carbocycles. The first kappa shape index (κ1) is 17.0. The summed E-state index contributed by atoms with van der Waals surface area (Å²) in [4.78, 5) is 20.9. The summed E-state index contributed by atoms with van der Waals surface area (Å²) in [5, 5.41) is 14.9. The standard InChI is InChI=1S/C15H18ClN5O2/c1-3-4-9-20(2)15-13(21(22)23)14(17-10-18-15)19-12-8-6-5-7-11(12)16/h5-8,10H,3-4,9H2,1-2H3,(H,17,18,19). The van der Waals surface area contributed by atoms with Crippen LogP contribution >= 0.6 is 11.6 Å². The van der Waals surface area contributed by atoms with Gasteiger partial charge in [0.2, 0.25) is 11.6 Å². The van der Waals surface area contributed by atoms with E-state index in [2.05, 4.69) is 22.2 Å². The van der Waals surface area contributed by atoms with E-state index in [1.807, 2.05) is 0 Å². The van der Waals surface area contributed by atoms with Crippen LogP contribution in [0.2, 0.25) is 5.02 Å². The topological polar surface area (TPSA) is 84.2 Å². The lowest BCUT2D eigenvalue weighted by molar-refractivity contribution is -0.383. The molecule has 0 aliphatic heterocycles. The van der Waals surface area contributed by atoms with Gasteiger partial charge in [0.05, 0.1) is 15.6 Å². The lowest BCUT2D eigenvalue weighted by Gasteiger charge is -2.18. The van der Waals surface area contributed by atoms with Gasteiger partial charge in [-0.15, -0.1) is 0 Å². The van der Waals surface area contributed by atoms with Gasteiger partial charge in [0.25, 0.3) is 0 Å². The van der Waals surface area contributed by atoms with E-state index in [1.165, 1.54) is 6.33 Å². The molecular weight excluding hydrogens is 318 g/mol. The third-order valence-electron chi connectivity index (χ3n) is 3.32. The Bertz CT molecular complexity index is 695. The van der Waals surface area contributed by atoms with Crippen LogP contribution in [0.15, 0.2) is 30.6 Å². The molecule has 2 aromatic rings. The molecule has 8 heteroatoms. The highest BCUT2D eigenvalue weighted by molar-refractivity contribution is 6.33. The fraction of sp³-hybridized carbons (Fsp3) is 0.333. The molecule has 1 N–H and O–H groups in total. The molecule has 0 amide bonds. The monoisotopic (exact) mass is 335 g/mol. The minimum absolute atomic E-state index is 0.122. The quantitative estimate of drug-likeness (QED) is 0.607. The third kappa shape index (κ3) is 4.07. The lowest BCUT2D eigenvalue weighted by atomic mass is 10.3. The Morgan fingerprint density at radius 2 is 2.09 bits per heavy atom. The highest BCUT2D eigenvalue weighted by Gasteiger charge is 2.25. The van der Waals surface area contributed by atoms with E-state index in [4.69, 9.17) is 11.6 Å². The molecule has 1 aromatic heterocycles. The van der Waals surface area contributed by atoms with Gasteiger partial charge in [-0.25, -0.2) is 9.97 Å². The van der Waals surface area contributed by atoms with Gasteiger partial charge >= 0.3 is 5.69 Å². The van der Waals surface area contributed by atoms with Crippen LogP contribution in [-0.4, -0.2) is 28.5 Å². The molecule has 0 atom stereocenters. The molecule has 0 bridgehead atoms. The van der Waals surface area contributed by atoms with E-state index in [0.717, 1.165) is 12.8 Å². The number of hydrogen-bond donors (Lipinski definition) is 1. The number of unbranched alkanes of at least 4 members (excludes halogenated alkanes) is 1. The molecule has 0 aliphatic rings. The predicted octanol–water partition coefficient (Wildman–Crippen LogP) is 4.02. The Labute approximate surface area is 139 Å². The number of nitrogens with one attached hydrogen (secondary N) is 1. The Morgan fingerprint density at radius 3 is 2.74 bits per heavy atom. The zero-order chi connectivity index (χ0) is 16.8. The molecule has 0 fully saturated rings. The van der Waals surface area contributed by atoms with Gasteiger partial charge < -0.3 is 10.2 Å². The minimum Gasteiger partial charge on any atom is -0.354 e. The van der Waals surface area contributed by atoms with Gasteiger partial charge in [0.15, 0.2) is 0 Å². The molecule has 0 aliphatic carbocycles. The average Bonchev–Trinajstić information content (AvgIpc) is 2.54. The van der Waals surface area contributed by atoms with Gasteiger partial charge in [-0.3, -0.25) is 10.1 Å². The summed E-state index contributed by atoms with van der Waals surface area (Å²) < 4.78 is 0. The summed E-state index contributed by atoms with van der Waals surface area (Å²) in [6.07, 6.45) is 3.23. The van der Waals surface area contributed by atoms with E-state index >= 15 is 0 Å². The van der Waals surface area contributed by atoms with Crippen LogP contribution in [-0.2, 0) is 0 Å². The second-order valence-electron chi connectivity index (χ2n) is 5.03. The summed E-state index contributed by atoms with van der Waals surface area (Å²) in [7, 11) is 1.78. The van der Waals surface area contributed by atoms with Crippen LogP contribution in [0.25, 0.3) is 0 Å². The fourth-order valence-electron chi connectivity index (χ4n) is 2.10. The van der Waals surface area contributed by atoms with Crippen molar-refractivity contribution in [3.05, 3.63) is 45.7 Å². The molecule has 0 radical (unpaired) electrons. The van der Waals surface area contributed by atoms with Crippen molar-refractivity contribution in [2.75, 3.05) is 23.8 Å². The van der Waals surface area contributed by atoms with Crippen molar-refractivity contribution in [3.8, 4) is 0 Å². The van der Waals surface area contributed by atoms with Gasteiger partial charge in [-0.1, -0.05) is 37.1 Å². The number of halogens is 1. The number of para-hydroxylation sites is 1. The SMILES string of the molecule is CCCCN(C)c1ncnc(Nc2ccccc2Cl)c1[N+](=O)[O-]. The Hall–Kier alpha value is -2.41. The number of benzene rings is 1. The normalized spacial score (nSPS) is 10.4. The van der Waals surface area contributed by atoms with Crippen molar-refractivity contribution in [2.24, 2.45) is 0 Å². The van der Waals surface area contributed by atoms with Crippen molar-refractivity contribution in [1.29, 1.82) is 0 Å². The lowest BCUT2D eigenvalue weighted by Crippen LogP contribution is -2.21. The first-order valence-electron chi connectivity index (χ1n) is 7.26. The van der Waals surface area contributed by atoms with E-state index in [1.54, 1.807) is 36.2 Å². The molecular formula is C15H18ClN5O2. The number of aromatic nitrogens is 2. The molecule has 1 aromatic carbocycles. The molecule has 0 saturated heterocycles. The van der Waals surface area contributed by atoms with Gasteiger partial charge in [0, 0.05) is 13.6 Å². The summed E-state index contributed by atoms with van der Waals surface area (Å²) in [6.45, 7) is 2.74. The second kappa shape index (κ2) is 7.73. The molecule has 122 valence electrons. The zero-order valence-corrected chi connectivity index (χ0v) is 13.7. The highest BCUT2D eigenvalue weighted by atomic mass is 35.5. The molecule has 0 unspecified atom stereocenters. The molecule has 23 heavy (non-hydrogen) atoms. The number of nitro groups is 1. The van der Waals surface area contributed by atoms with Crippen LogP contribution in [0.4, 0.5) is 23.0 Å². The van der Waals surface area contributed by atoms with Gasteiger partial charge in [0.1, 0.15) is 6.33 Å². The number of hydrogen-bond acceptors (Lipinski definition) is 6. The maximum absolute atomic E-state index is 11.5. The number of nitrogens with zero attached hydrogens (tertiary/aromatic N) is 4. The smallest absolute Gasteiger partial charge is 0.353 e. The fourth-order valence-corrected chi connectivity index (χ4v) is 2.28. The third-order valence-corrected chi connectivity index (χ3v) is 3.65. The van der Waals surface area contributed by atoms with Crippen molar-refractivity contribution in [2.45, 2.75) is 19.8 Å². The number of rotatable bonds is 7. The maximum atomic E-state index is 11.5. The minimum atomic E-state index is -0.475. The van der Waals surface area contributed by atoms with E-state index in [0.29, 0.717) is 17.3 Å². The van der Waals surface area contributed by atoms with Crippen LogP contribution < -0.4 is 10.2 Å². The zero-order valence-electron chi connectivity index (χ0n) is 13.0. The maximum Gasteiger partial charge on any atom is 0.353 e. The summed E-state index contributed by atoms with van der Waals surface area (Å²) >= 11 is 6.09. The average molecular weight is 336 g/mol. The van der Waals surface area contributed by atoms with Crippen LogP contribution in [0.1, 0.15) is 19.8 Å². The summed E-state index contributed by atoms with van der Waals surface area (Å²) in [5.74, 6) is 0.407. The highest BCUT2D eigenvalue weighted by Crippen LogP contribution is 2.34. The van der Waals surface area contributed by atoms with Crippen molar-refractivity contribution in [1.82, 2.24) is 9.97 Å². The summed E-state index contributed by atoms with van der Waals surface area (Å²) in [6, 6.07) is 7.00. The largest absolute Gasteiger partial charge is 0.354 e. The van der Waals surface area contributed by atoms with Crippen LogP contribution in [0.3, 0.4) is 0 Å². The Kier molecular flexibility index (Phi) is 5.70. The van der Waals surface area contributed by atoms with Crippen LogP contribution in [0, 0.1) is 10.1 Å². The van der Waals surface area contributed by atoms with Crippen LogP contribution in [0.5, 0.6) is 0 Å². The first-order valence-corrected chi connectivity index (χ1v) is 7.64. The van der Waals surface area contributed by atoms with Crippen molar-refractivity contribution < 1.29 is 4.92 Å². The van der Waals surface area contributed by atoms with E-state index < -0.39 is 4.92 Å². The molecule has 7 nitrogen and oxygen atoms in total. The molecule has 2 rings (SSSR count). The number of anilines is 3. The summed E-state index contributed by atoms with van der Waals surface area (Å²) in [5.41, 5.74) is 0.393. The van der Waals surface area contributed by atoms with Gasteiger partial charge in [-0.2, -0.15) is 0 Å². The Morgan fingerprint density at radius 1 is 1.35 bits per heavy atom. The second-order valence-corrected chi connectivity index (χ2v) is 5.44. The first-order chi connectivity index (χ1) is 11.0. The molecule has 1 heterocycles. The van der Waals surface area contributed by atoms with Gasteiger partial charge in [-0.05, 0) is 18.6 Å². The van der Waals surface area contributed by atoms with Crippen molar-refractivity contribution >= 4 is 34.6 Å². The molecule has 0 spiro atoms. The van der Waals surface area contributed by atoms with E-state index in [9.17, 15) is 10.1 Å². The Balaban J connectivity index is 2.40. The predicted molar refractivity (Wildman–Crippen MR) is 91.6 cm³/mol.